The summed E-state index contributed by atoms with van der Waals surface area (Å²) in [5, 5.41) is 2.97. The summed E-state index contributed by atoms with van der Waals surface area (Å²) in [5.74, 6) is 1.55. The van der Waals surface area contributed by atoms with Crippen LogP contribution >= 0.6 is 0 Å². The van der Waals surface area contributed by atoms with Gasteiger partial charge in [-0.1, -0.05) is 18.2 Å². The largest absolute Gasteiger partial charge is 0.491 e. The van der Waals surface area contributed by atoms with Crippen molar-refractivity contribution >= 4 is 16.9 Å². The molecule has 1 fully saturated rings. The second kappa shape index (κ2) is 8.89. The summed E-state index contributed by atoms with van der Waals surface area (Å²) >= 11 is 0. The van der Waals surface area contributed by atoms with Gasteiger partial charge in [0.25, 0.3) is 5.91 Å². The molecule has 1 amide bonds. The lowest BCUT2D eigenvalue weighted by Crippen LogP contribution is -2.25. The number of benzene rings is 2. The standard InChI is InChI=1S/C22H25N3O3/c26-22(16-6-3-7-17(14-16)28-15-18-8-5-13-27-18)23-12-4-11-21-24-19-9-1-2-10-20(19)25-21/h1-3,6-7,9-10,14,18H,4-5,8,11-13,15H2,(H,23,26)(H,24,25). The number of ether oxygens (including phenoxy) is 2. The Bertz CT molecular complexity index is 898. The quantitative estimate of drug-likeness (QED) is 0.588. The third kappa shape index (κ3) is 4.70. The zero-order valence-corrected chi connectivity index (χ0v) is 15.8. The van der Waals surface area contributed by atoms with E-state index in [4.69, 9.17) is 9.47 Å². The average molecular weight is 379 g/mol. The van der Waals surface area contributed by atoms with Gasteiger partial charge in [-0.15, -0.1) is 0 Å². The van der Waals surface area contributed by atoms with Gasteiger partial charge in [-0.05, 0) is 49.6 Å². The van der Waals surface area contributed by atoms with Gasteiger partial charge in [0.1, 0.15) is 18.2 Å². The van der Waals surface area contributed by atoms with Crippen molar-refractivity contribution in [1.82, 2.24) is 15.3 Å². The fraction of sp³-hybridized carbons (Fsp3) is 0.364. The predicted octanol–water partition coefficient (Wildman–Crippen LogP) is 3.48. The van der Waals surface area contributed by atoms with E-state index in [1.165, 1.54) is 0 Å². The number of hydrogen-bond donors (Lipinski definition) is 2. The van der Waals surface area contributed by atoms with Gasteiger partial charge in [0.2, 0.25) is 0 Å². The van der Waals surface area contributed by atoms with Crippen molar-refractivity contribution in [3.05, 3.63) is 59.9 Å². The van der Waals surface area contributed by atoms with Crippen LogP contribution in [-0.2, 0) is 11.2 Å². The smallest absolute Gasteiger partial charge is 0.251 e. The van der Waals surface area contributed by atoms with Gasteiger partial charge in [-0.3, -0.25) is 4.79 Å². The second-order valence-electron chi connectivity index (χ2n) is 7.03. The SMILES string of the molecule is O=C(NCCCc1nc2ccccc2[nH]1)c1cccc(OCC2CCCO2)c1. The number of rotatable bonds is 8. The number of nitrogens with one attached hydrogen (secondary N) is 2. The first-order valence-corrected chi connectivity index (χ1v) is 9.84. The summed E-state index contributed by atoms with van der Waals surface area (Å²) in [6.45, 7) is 1.93. The van der Waals surface area contributed by atoms with Gasteiger partial charge in [0.05, 0.1) is 17.1 Å². The molecule has 146 valence electrons. The molecule has 2 N–H and O–H groups in total. The molecule has 0 spiro atoms. The van der Waals surface area contributed by atoms with E-state index in [0.717, 1.165) is 49.1 Å². The van der Waals surface area contributed by atoms with Crippen LogP contribution in [0.3, 0.4) is 0 Å². The Hall–Kier alpha value is -2.86. The van der Waals surface area contributed by atoms with E-state index in [-0.39, 0.29) is 12.0 Å². The molecule has 0 radical (unpaired) electrons. The molecular weight excluding hydrogens is 354 g/mol. The first-order chi connectivity index (χ1) is 13.8. The van der Waals surface area contributed by atoms with Crippen LogP contribution in [0.1, 0.15) is 35.4 Å². The van der Waals surface area contributed by atoms with Crippen LogP contribution in [0.4, 0.5) is 0 Å². The highest BCUT2D eigenvalue weighted by molar-refractivity contribution is 5.94. The van der Waals surface area contributed by atoms with E-state index in [2.05, 4.69) is 15.3 Å². The number of H-pyrrole nitrogens is 1. The van der Waals surface area contributed by atoms with E-state index >= 15 is 0 Å². The van der Waals surface area contributed by atoms with E-state index < -0.39 is 0 Å². The molecule has 3 aromatic rings. The lowest BCUT2D eigenvalue weighted by atomic mass is 10.2. The Labute approximate surface area is 164 Å². The minimum atomic E-state index is -0.0906. The third-order valence-electron chi connectivity index (χ3n) is 4.87. The molecule has 1 saturated heterocycles. The Morgan fingerprint density at radius 2 is 2.18 bits per heavy atom. The zero-order chi connectivity index (χ0) is 19.2. The molecule has 1 aromatic heterocycles. The molecular formula is C22H25N3O3. The lowest BCUT2D eigenvalue weighted by molar-refractivity contribution is 0.0679. The molecule has 4 rings (SSSR count). The molecule has 1 aliphatic heterocycles. The number of aromatic amines is 1. The van der Waals surface area contributed by atoms with Gasteiger partial charge < -0.3 is 19.8 Å². The van der Waals surface area contributed by atoms with E-state index in [0.29, 0.717) is 24.5 Å². The fourth-order valence-corrected chi connectivity index (χ4v) is 3.38. The Morgan fingerprint density at radius 1 is 1.25 bits per heavy atom. The van der Waals surface area contributed by atoms with E-state index in [9.17, 15) is 4.79 Å². The molecule has 2 heterocycles. The minimum Gasteiger partial charge on any atom is -0.491 e. The molecule has 1 aliphatic rings. The Kier molecular flexibility index (Phi) is 5.87. The summed E-state index contributed by atoms with van der Waals surface area (Å²) in [4.78, 5) is 20.3. The predicted molar refractivity (Wildman–Crippen MR) is 108 cm³/mol. The number of carbonyl (C=O) groups is 1. The van der Waals surface area contributed by atoms with Crippen LogP contribution in [-0.4, -0.2) is 41.7 Å². The number of hydrogen-bond acceptors (Lipinski definition) is 4. The number of para-hydroxylation sites is 2. The summed E-state index contributed by atoms with van der Waals surface area (Å²) in [6.07, 6.45) is 3.90. The second-order valence-corrected chi connectivity index (χ2v) is 7.03. The number of nitrogens with zero attached hydrogens (tertiary/aromatic N) is 1. The number of amides is 1. The third-order valence-corrected chi connectivity index (χ3v) is 4.87. The van der Waals surface area contributed by atoms with Crippen molar-refractivity contribution in [2.45, 2.75) is 31.8 Å². The van der Waals surface area contributed by atoms with Gasteiger partial charge in [-0.25, -0.2) is 4.98 Å². The van der Waals surface area contributed by atoms with Crippen LogP contribution < -0.4 is 10.1 Å². The number of fused-ring (bicyclic) bond motifs is 1. The Balaban J connectivity index is 1.23. The van der Waals surface area contributed by atoms with Gasteiger partial charge in [0.15, 0.2) is 0 Å². The van der Waals surface area contributed by atoms with Crippen molar-refractivity contribution in [3.63, 3.8) is 0 Å². The van der Waals surface area contributed by atoms with Crippen LogP contribution in [0.2, 0.25) is 0 Å². The highest BCUT2D eigenvalue weighted by atomic mass is 16.5. The van der Waals surface area contributed by atoms with E-state index in [1.54, 1.807) is 12.1 Å². The molecule has 6 nitrogen and oxygen atoms in total. The molecule has 0 bridgehead atoms. The van der Waals surface area contributed by atoms with Crippen LogP contribution in [0.5, 0.6) is 5.75 Å². The maximum atomic E-state index is 12.4. The lowest BCUT2D eigenvalue weighted by Gasteiger charge is -2.12. The average Bonchev–Trinajstić information content (AvgIpc) is 3.39. The summed E-state index contributed by atoms with van der Waals surface area (Å²) in [5.41, 5.74) is 2.62. The first-order valence-electron chi connectivity index (χ1n) is 9.84. The van der Waals surface area contributed by atoms with Crippen molar-refractivity contribution in [3.8, 4) is 5.75 Å². The molecule has 2 aromatic carbocycles. The topological polar surface area (TPSA) is 76.2 Å². The molecule has 6 heteroatoms. The monoisotopic (exact) mass is 379 g/mol. The number of aryl methyl sites for hydroxylation is 1. The number of carbonyl (C=O) groups excluding carboxylic acids is 1. The number of imidazole rings is 1. The first kappa shape index (κ1) is 18.5. The van der Waals surface area contributed by atoms with Crippen LogP contribution in [0.25, 0.3) is 11.0 Å². The summed E-state index contributed by atoms with van der Waals surface area (Å²) in [7, 11) is 0. The molecule has 0 aliphatic carbocycles. The van der Waals surface area contributed by atoms with Gasteiger partial charge >= 0.3 is 0 Å². The van der Waals surface area contributed by atoms with Gasteiger partial charge in [0, 0.05) is 25.1 Å². The van der Waals surface area contributed by atoms with Crippen LogP contribution in [0.15, 0.2) is 48.5 Å². The molecule has 1 atom stereocenters. The maximum Gasteiger partial charge on any atom is 0.251 e. The Morgan fingerprint density at radius 3 is 3.04 bits per heavy atom. The van der Waals surface area contributed by atoms with E-state index in [1.807, 2.05) is 36.4 Å². The fourth-order valence-electron chi connectivity index (χ4n) is 3.38. The van der Waals surface area contributed by atoms with Crippen molar-refractivity contribution in [2.24, 2.45) is 0 Å². The van der Waals surface area contributed by atoms with Crippen molar-refractivity contribution in [1.29, 1.82) is 0 Å². The normalized spacial score (nSPS) is 16.4. The molecule has 0 saturated carbocycles. The molecule has 28 heavy (non-hydrogen) atoms. The van der Waals surface area contributed by atoms with Crippen molar-refractivity contribution < 1.29 is 14.3 Å². The highest BCUT2D eigenvalue weighted by Gasteiger charge is 2.16. The summed E-state index contributed by atoms with van der Waals surface area (Å²) < 4.78 is 11.3. The van der Waals surface area contributed by atoms with Gasteiger partial charge in [-0.2, -0.15) is 0 Å². The maximum absolute atomic E-state index is 12.4. The highest BCUT2D eigenvalue weighted by Crippen LogP contribution is 2.17. The zero-order valence-electron chi connectivity index (χ0n) is 15.8. The van der Waals surface area contributed by atoms with Crippen molar-refractivity contribution in [2.75, 3.05) is 19.8 Å². The number of aromatic nitrogens is 2. The van der Waals surface area contributed by atoms with Crippen LogP contribution in [0, 0.1) is 0 Å². The molecule has 1 unspecified atom stereocenters. The minimum absolute atomic E-state index is 0.0906. The summed E-state index contributed by atoms with van der Waals surface area (Å²) in [6, 6.07) is 15.3.